The average Bonchev–Trinajstić information content (AvgIpc) is 2.94. The van der Waals surface area contributed by atoms with Crippen LogP contribution in [0.4, 0.5) is 0 Å². The van der Waals surface area contributed by atoms with Gasteiger partial charge in [0.2, 0.25) is 0 Å². The zero-order chi connectivity index (χ0) is 14.7. The molecule has 21 heavy (non-hydrogen) atoms. The van der Waals surface area contributed by atoms with Crippen molar-refractivity contribution in [3.63, 3.8) is 0 Å². The Morgan fingerprint density at radius 2 is 2.00 bits per heavy atom. The minimum absolute atomic E-state index is 0.252. The van der Waals surface area contributed by atoms with E-state index in [0.29, 0.717) is 0 Å². The van der Waals surface area contributed by atoms with Crippen molar-refractivity contribution in [2.24, 2.45) is 0 Å². The normalized spacial score (nSPS) is 12.7. The minimum Gasteiger partial charge on any atom is -0.325 e. The van der Waals surface area contributed by atoms with Gasteiger partial charge in [0.1, 0.15) is 5.65 Å². The first-order valence-electron chi connectivity index (χ1n) is 7.12. The number of aromatic nitrogens is 2. The SMILES string of the molecule is CNCC[C@@H](c1ccccc1)n1ccc2c(Cl)ccnc21. The molecule has 0 unspecified atom stereocenters. The Kier molecular flexibility index (Phi) is 4.23. The first kappa shape index (κ1) is 14.1. The maximum Gasteiger partial charge on any atom is 0.141 e. The van der Waals surface area contributed by atoms with Gasteiger partial charge in [-0.05, 0) is 37.7 Å². The van der Waals surface area contributed by atoms with Crippen molar-refractivity contribution in [2.45, 2.75) is 12.5 Å². The van der Waals surface area contributed by atoms with Crippen LogP contribution >= 0.6 is 11.6 Å². The molecule has 1 N–H and O–H groups in total. The highest BCUT2D eigenvalue weighted by Gasteiger charge is 2.16. The summed E-state index contributed by atoms with van der Waals surface area (Å²) in [7, 11) is 1.98. The monoisotopic (exact) mass is 299 g/mol. The van der Waals surface area contributed by atoms with E-state index in [-0.39, 0.29) is 6.04 Å². The molecule has 1 aromatic carbocycles. The van der Waals surface area contributed by atoms with Gasteiger partial charge in [-0.25, -0.2) is 4.98 Å². The van der Waals surface area contributed by atoms with Gasteiger partial charge < -0.3 is 9.88 Å². The predicted molar refractivity (Wildman–Crippen MR) is 87.9 cm³/mol. The lowest BCUT2D eigenvalue weighted by Gasteiger charge is -2.20. The number of benzene rings is 1. The van der Waals surface area contributed by atoms with Crippen molar-refractivity contribution >= 4 is 22.6 Å². The summed E-state index contributed by atoms with van der Waals surface area (Å²) >= 11 is 6.26. The summed E-state index contributed by atoms with van der Waals surface area (Å²) in [4.78, 5) is 4.51. The molecule has 0 saturated carbocycles. The number of rotatable bonds is 5. The van der Waals surface area contributed by atoms with E-state index in [0.717, 1.165) is 29.0 Å². The quantitative estimate of drug-likeness (QED) is 0.774. The van der Waals surface area contributed by atoms with Crippen LogP contribution in [0.1, 0.15) is 18.0 Å². The van der Waals surface area contributed by atoms with Gasteiger partial charge >= 0.3 is 0 Å². The summed E-state index contributed by atoms with van der Waals surface area (Å²) in [6.45, 7) is 0.944. The number of fused-ring (bicyclic) bond motifs is 1. The summed E-state index contributed by atoms with van der Waals surface area (Å²) in [6, 6.07) is 14.7. The molecule has 0 spiro atoms. The van der Waals surface area contributed by atoms with Crippen molar-refractivity contribution in [2.75, 3.05) is 13.6 Å². The molecule has 0 radical (unpaired) electrons. The number of nitrogens with one attached hydrogen (secondary N) is 1. The van der Waals surface area contributed by atoms with E-state index in [9.17, 15) is 0 Å². The highest BCUT2D eigenvalue weighted by molar-refractivity contribution is 6.35. The first-order valence-corrected chi connectivity index (χ1v) is 7.49. The lowest BCUT2D eigenvalue weighted by molar-refractivity contribution is 0.537. The van der Waals surface area contributed by atoms with E-state index in [1.165, 1.54) is 5.56 Å². The molecule has 4 heteroatoms. The van der Waals surface area contributed by atoms with Crippen LogP contribution in [0.15, 0.2) is 54.9 Å². The van der Waals surface area contributed by atoms with Crippen LogP contribution in [-0.2, 0) is 0 Å². The van der Waals surface area contributed by atoms with Gasteiger partial charge in [-0.15, -0.1) is 0 Å². The summed E-state index contributed by atoms with van der Waals surface area (Å²) in [5.74, 6) is 0. The number of halogens is 1. The average molecular weight is 300 g/mol. The molecule has 108 valence electrons. The van der Waals surface area contributed by atoms with Crippen LogP contribution in [0.5, 0.6) is 0 Å². The van der Waals surface area contributed by atoms with Crippen LogP contribution in [-0.4, -0.2) is 23.1 Å². The summed E-state index contributed by atoms with van der Waals surface area (Å²) in [5, 5.41) is 4.98. The van der Waals surface area contributed by atoms with Gasteiger partial charge in [-0.1, -0.05) is 41.9 Å². The predicted octanol–water partition coefficient (Wildman–Crippen LogP) is 3.89. The number of pyridine rings is 1. The molecule has 1 atom stereocenters. The van der Waals surface area contributed by atoms with Gasteiger partial charge in [0.05, 0.1) is 11.1 Å². The second-order valence-electron chi connectivity index (χ2n) is 5.07. The van der Waals surface area contributed by atoms with Gasteiger partial charge in [0.25, 0.3) is 0 Å². The second-order valence-corrected chi connectivity index (χ2v) is 5.48. The Bertz CT molecular complexity index is 721. The zero-order valence-corrected chi connectivity index (χ0v) is 12.7. The largest absolute Gasteiger partial charge is 0.325 e. The lowest BCUT2D eigenvalue weighted by atomic mass is 10.0. The molecule has 2 aromatic heterocycles. The minimum atomic E-state index is 0.252. The fraction of sp³-hybridized carbons (Fsp3) is 0.235. The van der Waals surface area contributed by atoms with Crippen LogP contribution in [0.3, 0.4) is 0 Å². The zero-order valence-electron chi connectivity index (χ0n) is 12.0. The fourth-order valence-electron chi connectivity index (χ4n) is 2.70. The molecular weight excluding hydrogens is 282 g/mol. The molecule has 3 nitrogen and oxygen atoms in total. The topological polar surface area (TPSA) is 29.9 Å². The van der Waals surface area contributed by atoms with Crippen molar-refractivity contribution < 1.29 is 0 Å². The van der Waals surface area contributed by atoms with E-state index in [2.05, 4.69) is 45.3 Å². The summed E-state index contributed by atoms with van der Waals surface area (Å²) < 4.78 is 2.22. The van der Waals surface area contributed by atoms with Crippen molar-refractivity contribution in [3.05, 3.63) is 65.4 Å². The maximum absolute atomic E-state index is 6.26. The fourth-order valence-corrected chi connectivity index (χ4v) is 2.90. The second kappa shape index (κ2) is 6.29. The molecule has 0 bridgehead atoms. The van der Waals surface area contributed by atoms with Crippen LogP contribution < -0.4 is 5.32 Å². The van der Waals surface area contributed by atoms with Crippen molar-refractivity contribution in [3.8, 4) is 0 Å². The van der Waals surface area contributed by atoms with Gasteiger partial charge in [-0.2, -0.15) is 0 Å². The van der Waals surface area contributed by atoms with Crippen molar-refractivity contribution in [1.82, 2.24) is 14.9 Å². The Hall–Kier alpha value is -1.84. The van der Waals surface area contributed by atoms with Crippen LogP contribution in [0.25, 0.3) is 11.0 Å². The molecule has 0 amide bonds. The summed E-state index contributed by atoms with van der Waals surface area (Å²) in [6.07, 6.45) is 4.84. The Morgan fingerprint density at radius 1 is 1.19 bits per heavy atom. The number of hydrogen-bond donors (Lipinski definition) is 1. The molecule has 0 aliphatic heterocycles. The third-order valence-corrected chi connectivity index (χ3v) is 4.08. The third-order valence-electron chi connectivity index (χ3n) is 3.75. The molecule has 0 aliphatic rings. The Labute approximate surface area is 129 Å². The third kappa shape index (κ3) is 2.80. The van der Waals surface area contributed by atoms with E-state index in [1.54, 1.807) is 6.20 Å². The molecule has 0 fully saturated rings. The molecule has 0 saturated heterocycles. The smallest absolute Gasteiger partial charge is 0.141 e. The Balaban J connectivity index is 2.08. The Morgan fingerprint density at radius 3 is 2.76 bits per heavy atom. The molecular formula is C17H18ClN3. The molecule has 0 aliphatic carbocycles. The maximum atomic E-state index is 6.26. The highest BCUT2D eigenvalue weighted by Crippen LogP contribution is 2.29. The molecule has 2 heterocycles. The van der Waals surface area contributed by atoms with Gasteiger partial charge in [-0.3, -0.25) is 0 Å². The number of hydrogen-bond acceptors (Lipinski definition) is 2. The van der Waals surface area contributed by atoms with E-state index >= 15 is 0 Å². The lowest BCUT2D eigenvalue weighted by Crippen LogP contribution is -2.17. The highest BCUT2D eigenvalue weighted by atomic mass is 35.5. The van der Waals surface area contributed by atoms with Crippen LogP contribution in [0, 0.1) is 0 Å². The standard InChI is InChI=1S/C17H18ClN3/c1-19-10-8-16(13-5-3-2-4-6-13)21-12-9-14-15(18)7-11-20-17(14)21/h2-7,9,11-12,16,19H,8,10H2,1H3/t16-/m0/s1. The summed E-state index contributed by atoms with van der Waals surface area (Å²) in [5.41, 5.74) is 2.22. The van der Waals surface area contributed by atoms with E-state index in [4.69, 9.17) is 11.6 Å². The molecule has 3 aromatic rings. The van der Waals surface area contributed by atoms with Gasteiger partial charge in [0, 0.05) is 17.8 Å². The first-order chi connectivity index (χ1) is 10.3. The van der Waals surface area contributed by atoms with E-state index in [1.807, 2.05) is 25.2 Å². The molecule has 3 rings (SSSR count). The van der Waals surface area contributed by atoms with Crippen molar-refractivity contribution in [1.29, 1.82) is 0 Å². The van der Waals surface area contributed by atoms with E-state index < -0.39 is 0 Å². The van der Waals surface area contributed by atoms with Gasteiger partial charge in [0.15, 0.2) is 0 Å². The van der Waals surface area contributed by atoms with Crippen LogP contribution in [0.2, 0.25) is 5.02 Å². The number of nitrogens with zero attached hydrogens (tertiary/aromatic N) is 2.